The van der Waals surface area contributed by atoms with Gasteiger partial charge in [0.25, 0.3) is 0 Å². The van der Waals surface area contributed by atoms with Crippen molar-refractivity contribution in [1.82, 2.24) is 0 Å². The van der Waals surface area contributed by atoms with Gasteiger partial charge in [-0.15, -0.1) is 0 Å². The number of ether oxygens (including phenoxy) is 2. The monoisotopic (exact) mass is 315 g/mol. The molecular formula is C19H25NO3. The van der Waals surface area contributed by atoms with Crippen LogP contribution in [0.5, 0.6) is 17.2 Å². The minimum atomic E-state index is 0.151. The Hall–Kier alpha value is -2.20. The van der Waals surface area contributed by atoms with Gasteiger partial charge in [-0.2, -0.15) is 0 Å². The summed E-state index contributed by atoms with van der Waals surface area (Å²) in [5, 5.41) is 9.70. The number of benzene rings is 2. The maximum Gasteiger partial charge on any atom is 0.160 e. The average Bonchev–Trinajstić information content (AvgIpc) is 2.55. The lowest BCUT2D eigenvalue weighted by molar-refractivity contribution is 0.340. The second kappa shape index (κ2) is 7.88. The minimum Gasteiger partial charge on any atom is -0.504 e. The SMILES string of the molecule is CCOc1ccc(C(CN)Cc2ccc(O)c(OC)c2)c(C)c1. The van der Waals surface area contributed by atoms with E-state index >= 15 is 0 Å². The van der Waals surface area contributed by atoms with Crippen molar-refractivity contribution < 1.29 is 14.6 Å². The molecule has 0 saturated carbocycles. The van der Waals surface area contributed by atoms with Gasteiger partial charge in [0.15, 0.2) is 11.5 Å². The maximum absolute atomic E-state index is 9.70. The highest BCUT2D eigenvalue weighted by Crippen LogP contribution is 2.30. The molecule has 1 atom stereocenters. The molecule has 23 heavy (non-hydrogen) atoms. The highest BCUT2D eigenvalue weighted by molar-refractivity contribution is 5.43. The average molecular weight is 315 g/mol. The summed E-state index contributed by atoms with van der Waals surface area (Å²) < 4.78 is 10.7. The van der Waals surface area contributed by atoms with Crippen molar-refractivity contribution in [2.24, 2.45) is 5.73 Å². The van der Waals surface area contributed by atoms with E-state index < -0.39 is 0 Å². The van der Waals surface area contributed by atoms with Crippen LogP contribution in [-0.2, 0) is 6.42 Å². The Bertz CT molecular complexity index is 655. The lowest BCUT2D eigenvalue weighted by Gasteiger charge is -2.19. The Balaban J connectivity index is 2.23. The fourth-order valence-electron chi connectivity index (χ4n) is 2.82. The first-order chi connectivity index (χ1) is 11.1. The third kappa shape index (κ3) is 4.17. The molecule has 0 aliphatic heterocycles. The maximum atomic E-state index is 9.70. The van der Waals surface area contributed by atoms with Crippen LogP contribution >= 0.6 is 0 Å². The van der Waals surface area contributed by atoms with Crippen molar-refractivity contribution in [1.29, 1.82) is 0 Å². The predicted molar refractivity (Wildman–Crippen MR) is 92.5 cm³/mol. The molecule has 124 valence electrons. The van der Waals surface area contributed by atoms with E-state index in [0.717, 1.165) is 17.7 Å². The summed E-state index contributed by atoms with van der Waals surface area (Å²) in [7, 11) is 1.55. The Kier molecular flexibility index (Phi) is 5.88. The molecule has 0 bridgehead atoms. The number of nitrogens with two attached hydrogens (primary N) is 1. The molecule has 0 aromatic heterocycles. The Morgan fingerprint density at radius 1 is 1.17 bits per heavy atom. The number of methoxy groups -OCH3 is 1. The van der Waals surface area contributed by atoms with E-state index in [-0.39, 0.29) is 11.7 Å². The molecule has 1 unspecified atom stereocenters. The van der Waals surface area contributed by atoms with E-state index in [2.05, 4.69) is 19.1 Å². The predicted octanol–water partition coefficient (Wildman–Crippen LogP) is 3.39. The smallest absolute Gasteiger partial charge is 0.160 e. The summed E-state index contributed by atoms with van der Waals surface area (Å²) in [6.07, 6.45) is 0.794. The van der Waals surface area contributed by atoms with E-state index in [4.69, 9.17) is 15.2 Å². The second-order valence-electron chi connectivity index (χ2n) is 5.59. The lowest BCUT2D eigenvalue weighted by Crippen LogP contribution is -2.16. The number of rotatable bonds is 7. The molecule has 4 heteroatoms. The summed E-state index contributed by atoms with van der Waals surface area (Å²) in [5.41, 5.74) is 9.50. The number of phenolic OH excluding ortho intramolecular Hbond substituents is 1. The number of hydrogen-bond acceptors (Lipinski definition) is 4. The number of aryl methyl sites for hydroxylation is 1. The van der Waals surface area contributed by atoms with Crippen molar-refractivity contribution in [2.75, 3.05) is 20.3 Å². The van der Waals surface area contributed by atoms with E-state index in [1.165, 1.54) is 11.1 Å². The molecule has 0 fully saturated rings. The molecule has 0 aliphatic rings. The van der Waals surface area contributed by atoms with E-state index in [0.29, 0.717) is 18.9 Å². The third-order valence-electron chi connectivity index (χ3n) is 4.00. The summed E-state index contributed by atoms with van der Waals surface area (Å²) in [5.74, 6) is 1.73. The van der Waals surface area contributed by atoms with Gasteiger partial charge in [0.2, 0.25) is 0 Å². The van der Waals surface area contributed by atoms with Crippen LogP contribution in [-0.4, -0.2) is 25.4 Å². The van der Waals surface area contributed by atoms with Gasteiger partial charge < -0.3 is 20.3 Å². The van der Waals surface area contributed by atoms with Gasteiger partial charge in [0, 0.05) is 5.92 Å². The fraction of sp³-hybridized carbons (Fsp3) is 0.368. The Morgan fingerprint density at radius 3 is 2.57 bits per heavy atom. The summed E-state index contributed by atoms with van der Waals surface area (Å²) in [4.78, 5) is 0. The molecule has 2 rings (SSSR count). The molecule has 0 aliphatic carbocycles. The van der Waals surface area contributed by atoms with Gasteiger partial charge in [-0.1, -0.05) is 12.1 Å². The van der Waals surface area contributed by atoms with Crippen molar-refractivity contribution in [3.05, 3.63) is 53.1 Å². The topological polar surface area (TPSA) is 64.7 Å². The van der Waals surface area contributed by atoms with Crippen LogP contribution in [0.4, 0.5) is 0 Å². The summed E-state index contributed by atoms with van der Waals surface area (Å²) in [6.45, 7) is 5.27. The number of hydrogen-bond donors (Lipinski definition) is 2. The first-order valence-electron chi connectivity index (χ1n) is 7.88. The van der Waals surface area contributed by atoms with Crippen LogP contribution in [0.25, 0.3) is 0 Å². The van der Waals surface area contributed by atoms with Gasteiger partial charge in [0.05, 0.1) is 13.7 Å². The standard InChI is InChI=1S/C19H25NO3/c1-4-23-16-6-7-17(13(2)9-16)15(12-20)10-14-5-8-18(21)19(11-14)22-3/h5-9,11,15,21H,4,10,12,20H2,1-3H3. The largest absolute Gasteiger partial charge is 0.504 e. The van der Waals surface area contributed by atoms with Crippen LogP contribution in [0.1, 0.15) is 29.5 Å². The van der Waals surface area contributed by atoms with Crippen LogP contribution in [0.2, 0.25) is 0 Å². The summed E-state index contributed by atoms with van der Waals surface area (Å²) >= 11 is 0. The zero-order chi connectivity index (χ0) is 16.8. The van der Waals surface area contributed by atoms with Gasteiger partial charge in [-0.3, -0.25) is 0 Å². The van der Waals surface area contributed by atoms with Crippen molar-refractivity contribution >= 4 is 0 Å². The quantitative estimate of drug-likeness (QED) is 0.822. The molecular weight excluding hydrogens is 290 g/mol. The lowest BCUT2D eigenvalue weighted by atomic mass is 9.89. The minimum absolute atomic E-state index is 0.151. The molecule has 0 radical (unpaired) electrons. The molecule has 2 aromatic rings. The fourth-order valence-corrected chi connectivity index (χ4v) is 2.82. The van der Waals surface area contributed by atoms with Gasteiger partial charge >= 0.3 is 0 Å². The second-order valence-corrected chi connectivity index (χ2v) is 5.59. The van der Waals surface area contributed by atoms with E-state index in [1.807, 2.05) is 25.1 Å². The van der Waals surface area contributed by atoms with Crippen LogP contribution in [0.15, 0.2) is 36.4 Å². The van der Waals surface area contributed by atoms with Gasteiger partial charge in [-0.25, -0.2) is 0 Å². The number of phenols is 1. The molecule has 4 nitrogen and oxygen atoms in total. The van der Waals surface area contributed by atoms with Crippen LogP contribution in [0, 0.1) is 6.92 Å². The third-order valence-corrected chi connectivity index (χ3v) is 4.00. The highest BCUT2D eigenvalue weighted by Gasteiger charge is 2.15. The summed E-state index contributed by atoms with van der Waals surface area (Å²) in [6, 6.07) is 11.6. The van der Waals surface area contributed by atoms with Crippen LogP contribution < -0.4 is 15.2 Å². The zero-order valence-electron chi connectivity index (χ0n) is 14.0. The molecule has 0 heterocycles. The van der Waals surface area contributed by atoms with E-state index in [1.54, 1.807) is 13.2 Å². The van der Waals surface area contributed by atoms with E-state index in [9.17, 15) is 5.11 Å². The molecule has 3 N–H and O–H groups in total. The van der Waals surface area contributed by atoms with Crippen molar-refractivity contribution in [3.63, 3.8) is 0 Å². The van der Waals surface area contributed by atoms with Crippen molar-refractivity contribution in [2.45, 2.75) is 26.2 Å². The first kappa shape index (κ1) is 17.2. The van der Waals surface area contributed by atoms with Crippen molar-refractivity contribution in [3.8, 4) is 17.2 Å². The Labute approximate surface area is 137 Å². The molecule has 2 aromatic carbocycles. The zero-order valence-corrected chi connectivity index (χ0v) is 14.0. The number of aromatic hydroxyl groups is 1. The first-order valence-corrected chi connectivity index (χ1v) is 7.88. The Morgan fingerprint density at radius 2 is 1.96 bits per heavy atom. The normalized spacial score (nSPS) is 12.0. The molecule has 0 spiro atoms. The van der Waals surface area contributed by atoms with Crippen LogP contribution in [0.3, 0.4) is 0 Å². The van der Waals surface area contributed by atoms with Gasteiger partial charge in [0.1, 0.15) is 5.75 Å². The molecule has 0 saturated heterocycles. The molecule has 0 amide bonds. The van der Waals surface area contributed by atoms with Gasteiger partial charge in [-0.05, 0) is 67.8 Å². The highest BCUT2D eigenvalue weighted by atomic mass is 16.5.